The number of rotatable bonds is 11. The Hall–Kier alpha value is 0.570. The Morgan fingerprint density at radius 2 is 1.10 bits per heavy atom. The Kier molecular flexibility index (Phi) is 20.1. The van der Waals surface area contributed by atoms with E-state index in [9.17, 15) is 0 Å². The Labute approximate surface area is 155 Å². The maximum absolute atomic E-state index is 2.28. The third-order valence-electron chi connectivity index (χ3n) is 3.66. The van der Waals surface area contributed by atoms with Crippen molar-refractivity contribution >= 4 is 43.1 Å². The fourth-order valence-electron chi connectivity index (χ4n) is 2.46. The molecule has 0 aliphatic rings. The molecule has 0 spiro atoms. The molecule has 0 saturated carbocycles. The minimum Gasteiger partial charge on any atom is -0.0654 e. The summed E-state index contributed by atoms with van der Waals surface area (Å²) < 4.78 is 0. The molecule has 0 N–H and O–H groups in total. The molecule has 20 heavy (non-hydrogen) atoms. The summed E-state index contributed by atoms with van der Waals surface area (Å²) in [6, 6.07) is 10.9. The van der Waals surface area contributed by atoms with Crippen molar-refractivity contribution in [2.24, 2.45) is 0 Å². The molecule has 0 atom stereocenters. The molecule has 1 aromatic rings. The molecule has 109 valence electrons. The first-order chi connectivity index (χ1) is 8.93. The second kappa shape index (κ2) is 17.6. The molecule has 2 heteroatoms. The standard InChI is InChI=1S/C18H30.Na.S/c1-2-3-4-5-6-7-8-9-10-12-15-18-16-13-11-14-17-18;;/h11,13-14,16-17H,2-10,12,15H2,1H3;;. The first-order valence-electron chi connectivity index (χ1n) is 7.97. The maximum Gasteiger partial charge on any atom is 0 e. The Bertz CT molecular complexity index is 274. The van der Waals surface area contributed by atoms with E-state index in [-0.39, 0.29) is 43.1 Å². The smallest absolute Gasteiger partial charge is 0 e. The van der Waals surface area contributed by atoms with Gasteiger partial charge in [0.1, 0.15) is 0 Å². The van der Waals surface area contributed by atoms with E-state index in [0.29, 0.717) is 0 Å². The zero-order valence-corrected chi connectivity index (χ0v) is 16.4. The Morgan fingerprint density at radius 3 is 1.60 bits per heavy atom. The minimum atomic E-state index is 0. The molecule has 1 aromatic carbocycles. The number of benzene rings is 1. The summed E-state index contributed by atoms with van der Waals surface area (Å²) in [7, 11) is 0. The van der Waals surface area contributed by atoms with Crippen LogP contribution in [0.5, 0.6) is 0 Å². The molecule has 0 saturated heterocycles. The van der Waals surface area contributed by atoms with Crippen LogP contribution in [0.3, 0.4) is 0 Å². The van der Waals surface area contributed by atoms with Gasteiger partial charge in [0.25, 0.3) is 0 Å². The van der Waals surface area contributed by atoms with Gasteiger partial charge in [-0.15, -0.1) is 0 Å². The van der Waals surface area contributed by atoms with Crippen molar-refractivity contribution in [2.75, 3.05) is 0 Å². The van der Waals surface area contributed by atoms with E-state index >= 15 is 0 Å². The third-order valence-corrected chi connectivity index (χ3v) is 3.66. The van der Waals surface area contributed by atoms with Crippen LogP contribution in [-0.2, 0) is 6.42 Å². The van der Waals surface area contributed by atoms with Crippen molar-refractivity contribution < 1.29 is 0 Å². The third kappa shape index (κ3) is 13.5. The number of aryl methyl sites for hydroxylation is 1. The van der Waals surface area contributed by atoms with Crippen LogP contribution in [0, 0.1) is 0 Å². The molecule has 0 amide bonds. The molecule has 0 unspecified atom stereocenters. The van der Waals surface area contributed by atoms with Crippen molar-refractivity contribution in [3.8, 4) is 0 Å². The summed E-state index contributed by atoms with van der Waals surface area (Å²) in [5, 5.41) is 0. The zero-order valence-electron chi connectivity index (χ0n) is 13.6. The van der Waals surface area contributed by atoms with Gasteiger partial charge in [-0.3, -0.25) is 0 Å². The van der Waals surface area contributed by atoms with E-state index in [2.05, 4.69) is 37.3 Å². The fraction of sp³-hybridized carbons (Fsp3) is 0.667. The summed E-state index contributed by atoms with van der Waals surface area (Å²) >= 11 is 0. The summed E-state index contributed by atoms with van der Waals surface area (Å²) in [4.78, 5) is 0. The Morgan fingerprint density at radius 1 is 0.650 bits per heavy atom. The van der Waals surface area contributed by atoms with E-state index < -0.39 is 0 Å². The van der Waals surface area contributed by atoms with Crippen molar-refractivity contribution in [3.05, 3.63) is 35.9 Å². The molecule has 0 aliphatic heterocycles. The molecule has 0 heterocycles. The second-order valence-electron chi connectivity index (χ2n) is 5.42. The SMILES string of the molecule is CCCCCCCCCCCCc1ccccc1.[Na].[S]. The van der Waals surface area contributed by atoms with Gasteiger partial charge in [-0.05, 0) is 18.4 Å². The zero-order chi connectivity index (χ0) is 12.9. The van der Waals surface area contributed by atoms with Crippen molar-refractivity contribution in [1.82, 2.24) is 0 Å². The second-order valence-corrected chi connectivity index (χ2v) is 5.42. The van der Waals surface area contributed by atoms with Crippen LogP contribution in [0.2, 0.25) is 0 Å². The van der Waals surface area contributed by atoms with Gasteiger partial charge in [0.15, 0.2) is 0 Å². The summed E-state index contributed by atoms with van der Waals surface area (Å²) in [5.74, 6) is 0. The fourth-order valence-corrected chi connectivity index (χ4v) is 2.46. The van der Waals surface area contributed by atoms with Gasteiger partial charge < -0.3 is 0 Å². The number of hydrogen-bond acceptors (Lipinski definition) is 0. The molecule has 0 aliphatic carbocycles. The van der Waals surface area contributed by atoms with E-state index in [1.807, 2.05) is 0 Å². The van der Waals surface area contributed by atoms with Crippen LogP contribution in [-0.4, -0.2) is 29.6 Å². The summed E-state index contributed by atoms with van der Waals surface area (Å²) in [6.45, 7) is 2.28. The van der Waals surface area contributed by atoms with Crippen LogP contribution in [0.15, 0.2) is 30.3 Å². The van der Waals surface area contributed by atoms with E-state index in [1.165, 1.54) is 76.2 Å². The van der Waals surface area contributed by atoms with E-state index in [4.69, 9.17) is 0 Å². The predicted molar refractivity (Wildman–Crippen MR) is 95.3 cm³/mol. The molecular weight excluding hydrogens is 271 g/mol. The first-order valence-corrected chi connectivity index (χ1v) is 7.97. The molecule has 1 rings (SSSR count). The molecular formula is C18H30NaS. The monoisotopic (exact) mass is 301 g/mol. The molecule has 0 nitrogen and oxygen atoms in total. The molecule has 0 bridgehead atoms. The predicted octanol–water partition coefficient (Wildman–Crippen LogP) is 6.42. The molecule has 3 radical (unpaired) electrons. The minimum absolute atomic E-state index is 0. The maximum atomic E-state index is 2.28. The number of unbranched alkanes of at least 4 members (excludes halogenated alkanes) is 9. The summed E-state index contributed by atoms with van der Waals surface area (Å²) in [5.41, 5.74) is 1.50. The first kappa shape index (κ1) is 22.8. The van der Waals surface area contributed by atoms with Gasteiger partial charge in [0, 0.05) is 43.1 Å². The number of hydrogen-bond donors (Lipinski definition) is 0. The van der Waals surface area contributed by atoms with Gasteiger partial charge in [-0.25, -0.2) is 0 Å². The topological polar surface area (TPSA) is 0 Å². The normalized spacial score (nSPS) is 9.65. The average Bonchev–Trinajstić information content (AvgIpc) is 2.42. The van der Waals surface area contributed by atoms with Crippen LogP contribution < -0.4 is 0 Å². The van der Waals surface area contributed by atoms with Crippen LogP contribution in [0.1, 0.15) is 76.7 Å². The van der Waals surface area contributed by atoms with E-state index in [0.717, 1.165) is 0 Å². The largest absolute Gasteiger partial charge is 0.0654 e. The summed E-state index contributed by atoms with van der Waals surface area (Å²) in [6.07, 6.45) is 15.5. The average molecular weight is 301 g/mol. The van der Waals surface area contributed by atoms with Crippen molar-refractivity contribution in [1.29, 1.82) is 0 Å². The van der Waals surface area contributed by atoms with Crippen LogP contribution in [0.25, 0.3) is 0 Å². The van der Waals surface area contributed by atoms with Crippen LogP contribution >= 0.6 is 13.5 Å². The van der Waals surface area contributed by atoms with Gasteiger partial charge in [0.2, 0.25) is 0 Å². The Balaban J connectivity index is 0. The molecule has 0 aromatic heterocycles. The van der Waals surface area contributed by atoms with Gasteiger partial charge in [-0.2, -0.15) is 0 Å². The van der Waals surface area contributed by atoms with Crippen molar-refractivity contribution in [3.63, 3.8) is 0 Å². The molecule has 0 fully saturated rings. The van der Waals surface area contributed by atoms with Crippen LogP contribution in [0.4, 0.5) is 0 Å². The van der Waals surface area contributed by atoms with E-state index in [1.54, 1.807) is 0 Å². The quantitative estimate of drug-likeness (QED) is 0.327. The van der Waals surface area contributed by atoms with Gasteiger partial charge in [-0.1, -0.05) is 95.0 Å². The van der Waals surface area contributed by atoms with Crippen molar-refractivity contribution in [2.45, 2.75) is 77.6 Å². The van der Waals surface area contributed by atoms with Gasteiger partial charge in [0.05, 0.1) is 0 Å². The van der Waals surface area contributed by atoms with Gasteiger partial charge >= 0.3 is 0 Å².